The lowest BCUT2D eigenvalue weighted by Gasteiger charge is -2.30. The summed E-state index contributed by atoms with van der Waals surface area (Å²) in [4.78, 5) is 1.38. The predicted octanol–water partition coefficient (Wildman–Crippen LogP) is 3.23. The van der Waals surface area contributed by atoms with Crippen molar-refractivity contribution < 1.29 is 4.74 Å². The van der Waals surface area contributed by atoms with Gasteiger partial charge in [0.25, 0.3) is 0 Å². The highest BCUT2D eigenvalue weighted by molar-refractivity contribution is 7.99. The second kappa shape index (κ2) is 6.78. The number of hydrogen-bond acceptors (Lipinski definition) is 4. The van der Waals surface area contributed by atoms with E-state index in [9.17, 15) is 0 Å². The standard InChI is InChI=1S/C13H21NOS2/c1-3-4-14-13(11-7-10(2)17-8-11)12-9-16-6-5-15-12/h7-8,12-14H,3-6,9H2,1-2H3. The second-order valence-corrected chi connectivity index (χ2v) is 6.67. The Kier molecular flexibility index (Phi) is 5.35. The molecular formula is C13H21NOS2. The smallest absolute Gasteiger partial charge is 0.0860 e. The number of rotatable bonds is 5. The lowest BCUT2D eigenvalue weighted by Crippen LogP contribution is -2.38. The quantitative estimate of drug-likeness (QED) is 0.888. The van der Waals surface area contributed by atoms with E-state index in [0.717, 1.165) is 24.7 Å². The van der Waals surface area contributed by atoms with Gasteiger partial charge in [-0.3, -0.25) is 0 Å². The van der Waals surface area contributed by atoms with Crippen LogP contribution in [0.3, 0.4) is 0 Å². The summed E-state index contributed by atoms with van der Waals surface area (Å²) in [7, 11) is 0. The summed E-state index contributed by atoms with van der Waals surface area (Å²) in [6.07, 6.45) is 1.49. The van der Waals surface area contributed by atoms with Crippen molar-refractivity contribution in [2.24, 2.45) is 0 Å². The van der Waals surface area contributed by atoms with Crippen LogP contribution in [0, 0.1) is 6.92 Å². The van der Waals surface area contributed by atoms with Crippen LogP contribution in [0.4, 0.5) is 0 Å². The molecule has 1 N–H and O–H groups in total. The summed E-state index contributed by atoms with van der Waals surface area (Å²) in [5, 5.41) is 5.91. The summed E-state index contributed by atoms with van der Waals surface area (Å²) in [5.74, 6) is 2.25. The number of thioether (sulfide) groups is 1. The Hall–Kier alpha value is -0.0300. The van der Waals surface area contributed by atoms with Gasteiger partial charge in [0.05, 0.1) is 18.8 Å². The Labute approximate surface area is 112 Å². The molecule has 0 radical (unpaired) electrons. The average Bonchev–Trinajstić information content (AvgIpc) is 2.78. The zero-order valence-corrected chi connectivity index (χ0v) is 12.2. The Morgan fingerprint density at radius 3 is 3.06 bits per heavy atom. The van der Waals surface area contributed by atoms with E-state index in [1.807, 2.05) is 23.1 Å². The van der Waals surface area contributed by atoms with Gasteiger partial charge in [-0.25, -0.2) is 0 Å². The molecule has 0 aromatic carbocycles. The number of aryl methyl sites for hydroxylation is 1. The van der Waals surface area contributed by atoms with Crippen LogP contribution in [0.2, 0.25) is 0 Å². The third-order valence-electron chi connectivity index (χ3n) is 2.94. The van der Waals surface area contributed by atoms with Crippen molar-refractivity contribution in [3.63, 3.8) is 0 Å². The van der Waals surface area contributed by atoms with Gasteiger partial charge in [-0.2, -0.15) is 11.8 Å². The zero-order valence-electron chi connectivity index (χ0n) is 10.6. The maximum atomic E-state index is 5.92. The molecule has 1 fully saturated rings. The molecule has 2 unspecified atom stereocenters. The van der Waals surface area contributed by atoms with Crippen molar-refractivity contribution in [1.29, 1.82) is 0 Å². The Bertz CT molecular complexity index is 334. The van der Waals surface area contributed by atoms with E-state index in [2.05, 4.69) is 30.6 Å². The highest BCUT2D eigenvalue weighted by Crippen LogP contribution is 2.28. The molecule has 0 amide bonds. The number of nitrogens with one attached hydrogen (secondary N) is 1. The fourth-order valence-electron chi connectivity index (χ4n) is 2.09. The molecule has 2 rings (SSSR count). The molecule has 0 aliphatic carbocycles. The zero-order chi connectivity index (χ0) is 12.1. The van der Waals surface area contributed by atoms with Crippen LogP contribution in [0.15, 0.2) is 11.4 Å². The van der Waals surface area contributed by atoms with E-state index in [4.69, 9.17) is 4.74 Å². The lowest BCUT2D eigenvalue weighted by molar-refractivity contribution is 0.0469. The molecule has 4 heteroatoms. The van der Waals surface area contributed by atoms with Gasteiger partial charge in [-0.05, 0) is 36.9 Å². The molecule has 2 nitrogen and oxygen atoms in total. The molecule has 2 atom stereocenters. The van der Waals surface area contributed by atoms with Gasteiger partial charge in [-0.15, -0.1) is 11.3 Å². The van der Waals surface area contributed by atoms with Crippen molar-refractivity contribution in [2.75, 3.05) is 24.7 Å². The Morgan fingerprint density at radius 1 is 1.59 bits per heavy atom. The van der Waals surface area contributed by atoms with Crippen molar-refractivity contribution in [1.82, 2.24) is 5.32 Å². The highest BCUT2D eigenvalue weighted by atomic mass is 32.2. The second-order valence-electron chi connectivity index (χ2n) is 4.41. The molecule has 2 heterocycles. The Morgan fingerprint density at radius 2 is 2.47 bits per heavy atom. The van der Waals surface area contributed by atoms with E-state index in [0.29, 0.717) is 12.1 Å². The van der Waals surface area contributed by atoms with Crippen molar-refractivity contribution in [2.45, 2.75) is 32.4 Å². The van der Waals surface area contributed by atoms with Crippen molar-refractivity contribution in [3.8, 4) is 0 Å². The van der Waals surface area contributed by atoms with Crippen molar-refractivity contribution >= 4 is 23.1 Å². The molecule has 0 saturated carbocycles. The number of hydrogen-bond donors (Lipinski definition) is 1. The maximum Gasteiger partial charge on any atom is 0.0860 e. The number of ether oxygens (including phenoxy) is 1. The minimum Gasteiger partial charge on any atom is -0.375 e. The number of thiophene rings is 1. The van der Waals surface area contributed by atoms with E-state index in [1.165, 1.54) is 16.9 Å². The summed E-state index contributed by atoms with van der Waals surface area (Å²) < 4.78 is 5.92. The first-order chi connectivity index (χ1) is 8.31. The van der Waals surface area contributed by atoms with Crippen LogP contribution in [0.1, 0.15) is 29.8 Å². The molecule has 17 heavy (non-hydrogen) atoms. The summed E-state index contributed by atoms with van der Waals surface area (Å²) >= 11 is 3.83. The van der Waals surface area contributed by atoms with Gasteiger partial charge in [0.1, 0.15) is 0 Å². The van der Waals surface area contributed by atoms with E-state index in [1.54, 1.807) is 0 Å². The minimum absolute atomic E-state index is 0.328. The molecule has 1 aromatic heterocycles. The predicted molar refractivity (Wildman–Crippen MR) is 77.2 cm³/mol. The molecule has 1 aromatic rings. The Balaban J connectivity index is 2.06. The molecule has 1 aliphatic rings. The summed E-state index contributed by atoms with van der Waals surface area (Å²) in [6.45, 7) is 6.33. The molecule has 1 aliphatic heterocycles. The van der Waals surface area contributed by atoms with Crippen molar-refractivity contribution in [3.05, 3.63) is 21.9 Å². The molecule has 1 saturated heterocycles. The van der Waals surface area contributed by atoms with Crippen LogP contribution in [-0.2, 0) is 4.74 Å². The largest absolute Gasteiger partial charge is 0.375 e. The summed E-state index contributed by atoms with van der Waals surface area (Å²) in [6, 6.07) is 2.66. The van der Waals surface area contributed by atoms with Gasteiger partial charge in [-0.1, -0.05) is 6.92 Å². The average molecular weight is 271 g/mol. The van der Waals surface area contributed by atoms with Gasteiger partial charge >= 0.3 is 0 Å². The van der Waals surface area contributed by atoms with Gasteiger partial charge in [0.15, 0.2) is 0 Å². The van der Waals surface area contributed by atoms with Crippen LogP contribution >= 0.6 is 23.1 Å². The van der Waals surface area contributed by atoms with E-state index >= 15 is 0 Å². The minimum atomic E-state index is 0.328. The molecule has 96 valence electrons. The fraction of sp³-hybridized carbons (Fsp3) is 0.692. The molecular weight excluding hydrogens is 250 g/mol. The topological polar surface area (TPSA) is 21.3 Å². The monoisotopic (exact) mass is 271 g/mol. The van der Waals surface area contributed by atoms with Crippen LogP contribution in [0.25, 0.3) is 0 Å². The van der Waals surface area contributed by atoms with E-state index < -0.39 is 0 Å². The SMILES string of the molecule is CCCNC(c1csc(C)c1)C1CSCCO1. The van der Waals surface area contributed by atoms with E-state index in [-0.39, 0.29) is 0 Å². The van der Waals surface area contributed by atoms with Crippen LogP contribution < -0.4 is 5.32 Å². The maximum absolute atomic E-state index is 5.92. The van der Waals surface area contributed by atoms with Crippen LogP contribution in [-0.4, -0.2) is 30.8 Å². The molecule has 0 bridgehead atoms. The first-order valence-electron chi connectivity index (χ1n) is 6.29. The highest BCUT2D eigenvalue weighted by Gasteiger charge is 2.26. The van der Waals surface area contributed by atoms with Gasteiger partial charge in [0, 0.05) is 16.4 Å². The summed E-state index contributed by atoms with van der Waals surface area (Å²) in [5.41, 5.74) is 1.40. The fourth-order valence-corrected chi connectivity index (χ4v) is 3.73. The lowest BCUT2D eigenvalue weighted by atomic mass is 10.0. The first kappa shape index (κ1) is 13.4. The third-order valence-corrected chi connectivity index (χ3v) is 4.84. The van der Waals surface area contributed by atoms with Crippen LogP contribution in [0.5, 0.6) is 0 Å². The van der Waals surface area contributed by atoms with Gasteiger partial charge < -0.3 is 10.1 Å². The molecule has 0 spiro atoms. The third kappa shape index (κ3) is 3.71. The first-order valence-corrected chi connectivity index (χ1v) is 8.32. The normalized spacial score (nSPS) is 22.6. The van der Waals surface area contributed by atoms with Gasteiger partial charge in [0.2, 0.25) is 0 Å².